The summed E-state index contributed by atoms with van der Waals surface area (Å²) in [6.07, 6.45) is -4.15. The van der Waals surface area contributed by atoms with Crippen LogP contribution in [0.4, 0.5) is 22.0 Å². The average molecular weight is 436 g/mol. The molecule has 0 aliphatic carbocycles. The Balaban J connectivity index is 2.10. The summed E-state index contributed by atoms with van der Waals surface area (Å²) < 4.78 is 96.9. The second-order valence-corrected chi connectivity index (χ2v) is 7.10. The zero-order valence-corrected chi connectivity index (χ0v) is 14.7. The predicted octanol–water partition coefficient (Wildman–Crippen LogP) is 2.92. The van der Waals surface area contributed by atoms with Crippen LogP contribution in [0, 0.1) is 11.6 Å². The molecule has 0 aliphatic heterocycles. The minimum atomic E-state index is -4.93. The van der Waals surface area contributed by atoms with Crippen LogP contribution in [0.25, 0.3) is 16.9 Å². The van der Waals surface area contributed by atoms with Gasteiger partial charge in [-0.2, -0.15) is 0 Å². The highest BCUT2D eigenvalue weighted by Crippen LogP contribution is 2.29. The van der Waals surface area contributed by atoms with Crippen LogP contribution in [-0.4, -0.2) is 19.3 Å². The maximum atomic E-state index is 14.4. The minimum Gasteiger partial charge on any atom is -0.415 e. The van der Waals surface area contributed by atoms with Crippen molar-refractivity contribution in [2.45, 2.75) is 11.3 Å². The normalized spacial score (nSPS) is 12.2. The van der Waals surface area contributed by atoms with Gasteiger partial charge in [0.2, 0.25) is 10.0 Å². The third-order valence-corrected chi connectivity index (χ3v) is 4.55. The lowest BCUT2D eigenvalue weighted by Crippen LogP contribution is -2.17. The number of oxazole rings is 1. The standard InChI is InChI=1S/C16H9F5N2O5S/c17-11-6-14(29(22,25)26)12(18)5-10(11)13-7-27-15(24)23(13)8-1-3-9(4-2-8)28-16(19,20)21/h1-7H,(H2,22,25,26). The topological polar surface area (TPSA) is 105 Å². The van der Waals surface area contributed by atoms with Gasteiger partial charge in [0.15, 0.2) is 0 Å². The Labute approximate surface area is 158 Å². The quantitative estimate of drug-likeness (QED) is 0.634. The number of nitrogens with two attached hydrogens (primary N) is 1. The van der Waals surface area contributed by atoms with Crippen molar-refractivity contribution in [1.29, 1.82) is 0 Å². The van der Waals surface area contributed by atoms with Gasteiger partial charge in [-0.05, 0) is 36.4 Å². The number of nitrogens with zero attached hydrogens (tertiary/aromatic N) is 1. The lowest BCUT2D eigenvalue weighted by Gasteiger charge is -2.11. The Morgan fingerprint density at radius 2 is 1.66 bits per heavy atom. The van der Waals surface area contributed by atoms with Gasteiger partial charge >= 0.3 is 12.1 Å². The molecule has 0 atom stereocenters. The minimum absolute atomic E-state index is 0.0522. The van der Waals surface area contributed by atoms with Crippen LogP contribution in [0.2, 0.25) is 0 Å². The summed E-state index contributed by atoms with van der Waals surface area (Å²) in [4.78, 5) is 10.9. The van der Waals surface area contributed by atoms with Crippen LogP contribution in [-0.2, 0) is 10.0 Å². The van der Waals surface area contributed by atoms with E-state index in [1.807, 2.05) is 0 Å². The fraction of sp³-hybridized carbons (Fsp3) is 0.0625. The molecule has 0 saturated carbocycles. The number of primary sulfonamides is 1. The molecule has 3 rings (SSSR count). The Hall–Kier alpha value is -3.19. The molecule has 7 nitrogen and oxygen atoms in total. The molecule has 0 fully saturated rings. The summed E-state index contributed by atoms with van der Waals surface area (Å²) in [5.41, 5.74) is -0.920. The molecule has 1 heterocycles. The first-order chi connectivity index (χ1) is 13.4. The van der Waals surface area contributed by atoms with E-state index in [9.17, 15) is 35.2 Å². The molecule has 1 aromatic heterocycles. The van der Waals surface area contributed by atoms with Crippen molar-refractivity contribution in [1.82, 2.24) is 4.57 Å². The van der Waals surface area contributed by atoms with E-state index in [2.05, 4.69) is 9.15 Å². The number of halogens is 5. The summed E-state index contributed by atoms with van der Waals surface area (Å²) >= 11 is 0. The average Bonchev–Trinajstić information content (AvgIpc) is 2.96. The maximum Gasteiger partial charge on any atom is 0.573 e. The molecular weight excluding hydrogens is 427 g/mol. The highest BCUT2D eigenvalue weighted by atomic mass is 32.2. The fourth-order valence-corrected chi connectivity index (χ4v) is 3.08. The predicted molar refractivity (Wildman–Crippen MR) is 87.7 cm³/mol. The Morgan fingerprint density at radius 1 is 1.03 bits per heavy atom. The Kier molecular flexibility index (Phi) is 4.96. The van der Waals surface area contributed by atoms with Crippen LogP contribution in [0.5, 0.6) is 5.75 Å². The molecule has 154 valence electrons. The molecule has 0 saturated heterocycles. The van der Waals surface area contributed by atoms with Crippen LogP contribution in [0.3, 0.4) is 0 Å². The number of aromatic nitrogens is 1. The smallest absolute Gasteiger partial charge is 0.415 e. The van der Waals surface area contributed by atoms with E-state index in [0.717, 1.165) is 35.1 Å². The second kappa shape index (κ2) is 7.00. The number of benzene rings is 2. The van der Waals surface area contributed by atoms with Gasteiger partial charge in [-0.3, -0.25) is 0 Å². The molecule has 13 heteroatoms. The van der Waals surface area contributed by atoms with Crippen LogP contribution in [0.15, 0.2) is 56.8 Å². The fourth-order valence-electron chi connectivity index (χ4n) is 2.48. The number of alkyl halides is 3. The Morgan fingerprint density at radius 3 is 2.21 bits per heavy atom. The molecule has 0 aliphatic rings. The molecule has 2 aromatic carbocycles. The highest BCUT2D eigenvalue weighted by molar-refractivity contribution is 7.89. The van der Waals surface area contributed by atoms with Gasteiger partial charge in [0.05, 0.1) is 11.4 Å². The first-order valence-electron chi connectivity index (χ1n) is 7.46. The summed E-state index contributed by atoms with van der Waals surface area (Å²) in [5, 5.41) is 4.80. The SMILES string of the molecule is NS(=O)(=O)c1cc(F)c(-c2coc(=O)n2-c2ccc(OC(F)(F)F)cc2)cc1F. The molecule has 0 unspecified atom stereocenters. The summed E-state index contributed by atoms with van der Waals surface area (Å²) in [6, 6.07) is 4.72. The van der Waals surface area contributed by atoms with Gasteiger partial charge in [-0.15, -0.1) is 13.2 Å². The molecule has 0 bridgehead atoms. The monoisotopic (exact) mass is 436 g/mol. The maximum absolute atomic E-state index is 14.4. The largest absolute Gasteiger partial charge is 0.573 e. The van der Waals surface area contributed by atoms with Gasteiger partial charge < -0.3 is 9.15 Å². The van der Waals surface area contributed by atoms with Crippen molar-refractivity contribution < 1.29 is 39.5 Å². The van der Waals surface area contributed by atoms with Crippen molar-refractivity contribution >= 4 is 10.0 Å². The molecular formula is C16H9F5N2O5S. The molecule has 2 N–H and O–H groups in total. The number of hydrogen-bond donors (Lipinski definition) is 1. The zero-order valence-electron chi connectivity index (χ0n) is 13.9. The summed E-state index contributed by atoms with van der Waals surface area (Å²) in [7, 11) is -4.54. The number of sulfonamides is 1. The van der Waals surface area contributed by atoms with Crippen LogP contribution >= 0.6 is 0 Å². The van der Waals surface area contributed by atoms with Gasteiger partial charge in [0.25, 0.3) is 0 Å². The van der Waals surface area contributed by atoms with Crippen molar-refractivity contribution in [2.24, 2.45) is 5.14 Å². The third-order valence-electron chi connectivity index (χ3n) is 3.63. The van der Waals surface area contributed by atoms with Crippen LogP contribution in [0.1, 0.15) is 0 Å². The van der Waals surface area contributed by atoms with Gasteiger partial charge in [0.1, 0.15) is 28.5 Å². The molecule has 0 amide bonds. The second-order valence-electron chi connectivity index (χ2n) is 5.57. The van der Waals surface area contributed by atoms with E-state index < -0.39 is 50.0 Å². The van der Waals surface area contributed by atoms with Crippen molar-refractivity contribution in [2.75, 3.05) is 0 Å². The number of rotatable bonds is 4. The third kappa shape index (κ3) is 4.30. The van der Waals surface area contributed by atoms with Gasteiger partial charge in [-0.25, -0.2) is 31.7 Å². The van der Waals surface area contributed by atoms with E-state index in [-0.39, 0.29) is 11.4 Å². The number of hydrogen-bond acceptors (Lipinski definition) is 5. The van der Waals surface area contributed by atoms with Gasteiger partial charge in [0, 0.05) is 5.56 Å². The van der Waals surface area contributed by atoms with Crippen molar-refractivity contribution in [3.05, 3.63) is 64.8 Å². The van der Waals surface area contributed by atoms with Crippen LogP contribution < -0.4 is 15.6 Å². The zero-order chi connectivity index (χ0) is 21.6. The van der Waals surface area contributed by atoms with Gasteiger partial charge in [-0.1, -0.05) is 0 Å². The molecule has 29 heavy (non-hydrogen) atoms. The number of ether oxygens (including phenoxy) is 1. The molecule has 0 spiro atoms. The first-order valence-corrected chi connectivity index (χ1v) is 9.00. The van der Waals surface area contributed by atoms with E-state index in [4.69, 9.17) is 5.14 Å². The lowest BCUT2D eigenvalue weighted by molar-refractivity contribution is -0.274. The van der Waals surface area contributed by atoms with Crippen molar-refractivity contribution in [3.8, 4) is 22.7 Å². The summed E-state index contributed by atoms with van der Waals surface area (Å²) in [6.45, 7) is 0. The van der Waals surface area contributed by atoms with E-state index in [1.165, 1.54) is 0 Å². The molecule has 0 radical (unpaired) electrons. The highest BCUT2D eigenvalue weighted by Gasteiger charge is 2.31. The van der Waals surface area contributed by atoms with E-state index in [1.54, 1.807) is 0 Å². The van der Waals surface area contributed by atoms with E-state index in [0.29, 0.717) is 12.1 Å². The summed E-state index contributed by atoms with van der Waals surface area (Å²) in [5.74, 6) is -4.24. The molecule has 3 aromatic rings. The van der Waals surface area contributed by atoms with Crippen molar-refractivity contribution in [3.63, 3.8) is 0 Å². The lowest BCUT2D eigenvalue weighted by atomic mass is 10.1. The Bertz CT molecular complexity index is 1230. The first kappa shape index (κ1) is 20.5. The van der Waals surface area contributed by atoms with E-state index >= 15 is 0 Å².